The van der Waals surface area contributed by atoms with Gasteiger partial charge < -0.3 is 34.3 Å². The molecular formula is C30H26O10. The van der Waals surface area contributed by atoms with Gasteiger partial charge in [-0.05, 0) is 39.0 Å². The number of aliphatic hydroxyl groups excluding tert-OH is 1. The van der Waals surface area contributed by atoms with Crippen molar-refractivity contribution in [3.63, 3.8) is 0 Å². The molecule has 5 atom stereocenters. The third kappa shape index (κ3) is 3.83. The van der Waals surface area contributed by atoms with Crippen LogP contribution in [0.5, 0.6) is 11.5 Å². The number of benzene rings is 3. The summed E-state index contributed by atoms with van der Waals surface area (Å²) in [5.74, 6) is -4.44. The van der Waals surface area contributed by atoms with Gasteiger partial charge >= 0.3 is 5.97 Å². The van der Waals surface area contributed by atoms with E-state index in [2.05, 4.69) is 0 Å². The van der Waals surface area contributed by atoms with Crippen LogP contribution in [0.2, 0.25) is 0 Å². The van der Waals surface area contributed by atoms with Crippen molar-refractivity contribution >= 4 is 17.5 Å². The normalized spacial score (nSPS) is 27.1. The molecule has 0 radical (unpaired) electrons. The number of ketones is 2. The summed E-state index contributed by atoms with van der Waals surface area (Å²) in [5.41, 5.74) is -2.38. The van der Waals surface area contributed by atoms with E-state index < -0.39 is 70.6 Å². The van der Waals surface area contributed by atoms with Gasteiger partial charge in [-0.25, -0.2) is 4.79 Å². The van der Waals surface area contributed by atoms with Crippen molar-refractivity contribution in [2.24, 2.45) is 0 Å². The standard InChI is InChI=1S/C30H26O10/c1-29(2)38-26-28(40-29)37-25(30(26,3)39-27(36)14-9-5-4-6-10-14)24(35)17-13-18(31)19-20(23(17)34)22(33)16-12-8-7-11-15(16)21(19)32/h4-13,24-26,28,31,34-35H,1-3H3/t24-,25-,26-,28+,30+/m1/s1. The lowest BCUT2D eigenvalue weighted by Gasteiger charge is -2.37. The van der Waals surface area contributed by atoms with Crippen LogP contribution in [0.4, 0.5) is 0 Å². The number of phenolic OH excluding ortho intramolecular Hbond substituents is 2. The SMILES string of the molecule is CC1(C)O[C@@H]2O[C@H]([C@H](O)c3cc(O)c4c(c3O)C(=O)c3ccccc3C4=O)[C@](C)(OC(=O)c3ccccc3)[C@@H]2O1. The van der Waals surface area contributed by atoms with Gasteiger partial charge in [-0.3, -0.25) is 9.59 Å². The molecule has 206 valence electrons. The van der Waals surface area contributed by atoms with Gasteiger partial charge in [0, 0.05) is 16.7 Å². The maximum atomic E-state index is 13.3. The number of ether oxygens (including phenoxy) is 4. The molecule has 1 aliphatic carbocycles. The van der Waals surface area contributed by atoms with Crippen molar-refractivity contribution in [2.45, 2.75) is 56.8 Å². The molecule has 3 aromatic carbocycles. The summed E-state index contributed by atoms with van der Waals surface area (Å²) in [7, 11) is 0. The van der Waals surface area contributed by atoms with Gasteiger partial charge in [0.15, 0.2) is 35.3 Å². The highest BCUT2D eigenvalue weighted by Crippen LogP contribution is 2.51. The number of carbonyl (C=O) groups is 3. The van der Waals surface area contributed by atoms with Gasteiger partial charge in [0.1, 0.15) is 23.7 Å². The average Bonchev–Trinajstić information content (AvgIpc) is 3.38. The second-order valence-corrected chi connectivity index (χ2v) is 10.7. The predicted molar refractivity (Wildman–Crippen MR) is 137 cm³/mol. The Morgan fingerprint density at radius 3 is 2.15 bits per heavy atom. The van der Waals surface area contributed by atoms with Crippen LogP contribution in [-0.2, 0) is 18.9 Å². The molecule has 6 rings (SSSR count). The van der Waals surface area contributed by atoms with E-state index in [9.17, 15) is 29.7 Å². The molecule has 2 heterocycles. The Morgan fingerprint density at radius 1 is 0.900 bits per heavy atom. The number of hydrogen-bond acceptors (Lipinski definition) is 10. The van der Waals surface area contributed by atoms with Crippen LogP contribution in [0.15, 0.2) is 60.7 Å². The van der Waals surface area contributed by atoms with Crippen molar-refractivity contribution in [1.29, 1.82) is 0 Å². The van der Waals surface area contributed by atoms with E-state index in [-0.39, 0.29) is 27.8 Å². The van der Waals surface area contributed by atoms with Gasteiger partial charge in [0.25, 0.3) is 0 Å². The number of aliphatic hydroxyl groups is 1. The Morgan fingerprint density at radius 2 is 1.50 bits per heavy atom. The molecule has 10 heteroatoms. The Balaban J connectivity index is 1.42. The molecule has 0 amide bonds. The van der Waals surface area contributed by atoms with Crippen LogP contribution in [0.3, 0.4) is 0 Å². The fourth-order valence-electron chi connectivity index (χ4n) is 5.66. The van der Waals surface area contributed by atoms with Crippen LogP contribution in [0.25, 0.3) is 0 Å². The third-order valence-electron chi connectivity index (χ3n) is 7.58. The summed E-state index contributed by atoms with van der Waals surface area (Å²) in [6.45, 7) is 4.83. The molecule has 0 bridgehead atoms. The summed E-state index contributed by atoms with van der Waals surface area (Å²) >= 11 is 0. The molecule has 3 aliphatic rings. The molecule has 2 fully saturated rings. The van der Waals surface area contributed by atoms with E-state index in [1.54, 1.807) is 56.3 Å². The highest BCUT2D eigenvalue weighted by molar-refractivity contribution is 6.30. The van der Waals surface area contributed by atoms with E-state index in [1.165, 1.54) is 19.1 Å². The largest absolute Gasteiger partial charge is 0.507 e. The topological polar surface area (TPSA) is 149 Å². The zero-order chi connectivity index (χ0) is 28.6. The van der Waals surface area contributed by atoms with Gasteiger partial charge in [-0.2, -0.15) is 0 Å². The lowest BCUT2D eigenvalue weighted by atomic mass is 9.80. The van der Waals surface area contributed by atoms with Crippen LogP contribution >= 0.6 is 0 Å². The van der Waals surface area contributed by atoms with E-state index in [0.29, 0.717) is 0 Å². The second kappa shape index (κ2) is 8.97. The monoisotopic (exact) mass is 546 g/mol. The highest BCUT2D eigenvalue weighted by atomic mass is 16.8. The van der Waals surface area contributed by atoms with Crippen molar-refractivity contribution in [1.82, 2.24) is 0 Å². The maximum absolute atomic E-state index is 13.3. The Labute approximate surface area is 228 Å². The highest BCUT2D eigenvalue weighted by Gasteiger charge is 2.65. The van der Waals surface area contributed by atoms with E-state index in [0.717, 1.165) is 6.07 Å². The van der Waals surface area contributed by atoms with Gasteiger partial charge in [-0.15, -0.1) is 0 Å². The zero-order valence-corrected chi connectivity index (χ0v) is 21.8. The number of fused-ring (bicyclic) bond motifs is 3. The summed E-state index contributed by atoms with van der Waals surface area (Å²) in [6.07, 6.45) is -5.16. The molecule has 0 unspecified atom stereocenters. The lowest BCUT2D eigenvalue weighted by molar-refractivity contribution is -0.240. The first kappa shape index (κ1) is 26.1. The third-order valence-corrected chi connectivity index (χ3v) is 7.58. The van der Waals surface area contributed by atoms with Crippen LogP contribution < -0.4 is 0 Å². The molecule has 2 saturated heterocycles. The predicted octanol–water partition coefficient (Wildman–Crippen LogP) is 3.40. The number of hydrogen-bond donors (Lipinski definition) is 3. The molecule has 3 N–H and O–H groups in total. The number of rotatable bonds is 4. The van der Waals surface area contributed by atoms with Crippen molar-refractivity contribution in [3.05, 3.63) is 94.0 Å². The molecule has 0 saturated carbocycles. The summed E-state index contributed by atoms with van der Waals surface area (Å²) < 4.78 is 23.8. The first-order chi connectivity index (χ1) is 18.9. The minimum Gasteiger partial charge on any atom is -0.507 e. The molecular weight excluding hydrogens is 520 g/mol. The van der Waals surface area contributed by atoms with E-state index in [4.69, 9.17) is 18.9 Å². The quantitative estimate of drug-likeness (QED) is 0.257. The van der Waals surface area contributed by atoms with Gasteiger partial charge in [0.05, 0.1) is 16.7 Å². The fourth-order valence-corrected chi connectivity index (χ4v) is 5.66. The number of aromatic hydroxyl groups is 2. The van der Waals surface area contributed by atoms with Crippen molar-refractivity contribution in [3.8, 4) is 11.5 Å². The van der Waals surface area contributed by atoms with Gasteiger partial charge in [-0.1, -0.05) is 42.5 Å². The van der Waals surface area contributed by atoms with Gasteiger partial charge in [0.2, 0.25) is 0 Å². The van der Waals surface area contributed by atoms with Crippen LogP contribution in [0, 0.1) is 0 Å². The molecule has 0 spiro atoms. The molecule has 0 aromatic heterocycles. The Kier molecular flexibility index (Phi) is 5.86. The molecule has 3 aromatic rings. The van der Waals surface area contributed by atoms with E-state index in [1.807, 2.05) is 0 Å². The number of phenols is 2. The first-order valence-electron chi connectivity index (χ1n) is 12.7. The first-order valence-corrected chi connectivity index (χ1v) is 12.7. The van der Waals surface area contributed by atoms with Crippen molar-refractivity contribution < 1.29 is 48.7 Å². The van der Waals surface area contributed by atoms with Crippen molar-refractivity contribution in [2.75, 3.05) is 0 Å². The van der Waals surface area contributed by atoms with E-state index >= 15 is 0 Å². The molecule has 40 heavy (non-hydrogen) atoms. The average molecular weight is 547 g/mol. The zero-order valence-electron chi connectivity index (χ0n) is 21.8. The Hall–Kier alpha value is -4.09. The minimum atomic E-state index is -1.76. The Bertz CT molecular complexity index is 1560. The van der Waals surface area contributed by atoms with Crippen LogP contribution in [-0.4, -0.2) is 62.7 Å². The molecule has 10 nitrogen and oxygen atoms in total. The van der Waals surface area contributed by atoms with Crippen LogP contribution in [0.1, 0.15) is 74.6 Å². The second-order valence-electron chi connectivity index (χ2n) is 10.7. The number of esters is 1. The minimum absolute atomic E-state index is 0.0543. The lowest BCUT2D eigenvalue weighted by Crippen LogP contribution is -2.52. The summed E-state index contributed by atoms with van der Waals surface area (Å²) in [4.78, 5) is 39.6. The smallest absolute Gasteiger partial charge is 0.338 e. The molecule has 2 aliphatic heterocycles. The fraction of sp³-hybridized carbons (Fsp3) is 0.300. The maximum Gasteiger partial charge on any atom is 0.338 e. The summed E-state index contributed by atoms with van der Waals surface area (Å²) in [6, 6.07) is 15.3. The number of carbonyl (C=O) groups excluding carboxylic acids is 3. The summed E-state index contributed by atoms with van der Waals surface area (Å²) in [5, 5.41) is 33.7.